The average molecular weight is 278 g/mol. The molecule has 1 saturated heterocycles. The SMILES string of the molecule is CCC(C)[NH+]1CC[NH+](Cc2ccc3c(c2)OCO3)CC1. The molecule has 1 atom stereocenters. The van der Waals surface area contributed by atoms with Crippen LogP contribution in [0.3, 0.4) is 0 Å². The smallest absolute Gasteiger partial charge is 0.231 e. The summed E-state index contributed by atoms with van der Waals surface area (Å²) in [6.07, 6.45) is 1.28. The van der Waals surface area contributed by atoms with Gasteiger partial charge in [-0.05, 0) is 31.5 Å². The normalized spacial score (nSPS) is 26.5. The van der Waals surface area contributed by atoms with E-state index in [0.29, 0.717) is 6.79 Å². The van der Waals surface area contributed by atoms with Crippen molar-refractivity contribution in [3.8, 4) is 11.5 Å². The first-order valence-corrected chi connectivity index (χ1v) is 7.83. The highest BCUT2D eigenvalue weighted by molar-refractivity contribution is 5.44. The summed E-state index contributed by atoms with van der Waals surface area (Å²) in [4.78, 5) is 3.47. The lowest BCUT2D eigenvalue weighted by molar-refractivity contribution is -1.03. The van der Waals surface area contributed by atoms with E-state index < -0.39 is 0 Å². The van der Waals surface area contributed by atoms with Crippen molar-refractivity contribution < 1.29 is 19.3 Å². The van der Waals surface area contributed by atoms with E-state index in [-0.39, 0.29) is 0 Å². The highest BCUT2D eigenvalue weighted by Crippen LogP contribution is 2.32. The molecule has 2 aliphatic heterocycles. The van der Waals surface area contributed by atoms with Gasteiger partial charge in [-0.1, -0.05) is 6.92 Å². The first-order valence-electron chi connectivity index (χ1n) is 7.83. The highest BCUT2D eigenvalue weighted by Gasteiger charge is 2.26. The van der Waals surface area contributed by atoms with Gasteiger partial charge in [0, 0.05) is 5.56 Å². The van der Waals surface area contributed by atoms with E-state index in [1.807, 2.05) is 6.07 Å². The number of hydrogen-bond acceptors (Lipinski definition) is 2. The predicted molar refractivity (Wildman–Crippen MR) is 77.4 cm³/mol. The van der Waals surface area contributed by atoms with E-state index in [1.54, 1.807) is 9.80 Å². The molecule has 20 heavy (non-hydrogen) atoms. The van der Waals surface area contributed by atoms with Crippen LogP contribution in [0.1, 0.15) is 25.8 Å². The molecule has 110 valence electrons. The fourth-order valence-electron chi connectivity index (χ4n) is 3.22. The predicted octanol–water partition coefficient (Wildman–Crippen LogP) is -0.503. The molecule has 0 aromatic heterocycles. The fraction of sp³-hybridized carbons (Fsp3) is 0.625. The van der Waals surface area contributed by atoms with Crippen LogP contribution in [-0.2, 0) is 6.54 Å². The van der Waals surface area contributed by atoms with Crippen LogP contribution < -0.4 is 19.3 Å². The number of benzene rings is 1. The van der Waals surface area contributed by atoms with Gasteiger partial charge >= 0.3 is 0 Å². The third kappa shape index (κ3) is 2.91. The van der Waals surface area contributed by atoms with Gasteiger partial charge in [0.05, 0.1) is 6.04 Å². The summed E-state index contributed by atoms with van der Waals surface area (Å²) in [6.45, 7) is 11.3. The van der Waals surface area contributed by atoms with Crippen molar-refractivity contribution in [3.05, 3.63) is 23.8 Å². The molecule has 2 aliphatic rings. The molecule has 0 radical (unpaired) electrons. The first-order chi connectivity index (χ1) is 9.76. The largest absolute Gasteiger partial charge is 0.454 e. The third-order valence-electron chi connectivity index (χ3n) is 4.80. The number of ether oxygens (including phenoxy) is 2. The van der Waals surface area contributed by atoms with Crippen LogP contribution in [-0.4, -0.2) is 39.0 Å². The maximum atomic E-state index is 5.46. The van der Waals surface area contributed by atoms with Crippen molar-refractivity contribution in [2.45, 2.75) is 32.9 Å². The Morgan fingerprint density at radius 2 is 1.85 bits per heavy atom. The summed E-state index contributed by atoms with van der Waals surface area (Å²) in [5, 5.41) is 0. The molecule has 1 unspecified atom stereocenters. The van der Waals surface area contributed by atoms with Gasteiger partial charge in [-0.15, -0.1) is 0 Å². The van der Waals surface area contributed by atoms with Crippen molar-refractivity contribution in [2.24, 2.45) is 0 Å². The zero-order valence-electron chi connectivity index (χ0n) is 12.6. The van der Waals surface area contributed by atoms with Crippen LogP contribution in [0.25, 0.3) is 0 Å². The Morgan fingerprint density at radius 1 is 1.10 bits per heavy atom. The molecule has 4 nitrogen and oxygen atoms in total. The summed E-state index contributed by atoms with van der Waals surface area (Å²) < 4.78 is 10.8. The van der Waals surface area contributed by atoms with Gasteiger partial charge in [0.2, 0.25) is 6.79 Å². The standard InChI is InChI=1S/C16H24N2O2/c1-3-13(2)18-8-6-17(7-9-18)11-14-4-5-15-16(10-14)20-12-19-15/h4-5,10,13H,3,6-9,11-12H2,1-2H3/p+2. The van der Waals surface area contributed by atoms with E-state index in [4.69, 9.17) is 9.47 Å². The topological polar surface area (TPSA) is 27.3 Å². The Labute approximate surface area is 121 Å². The van der Waals surface area contributed by atoms with Crippen molar-refractivity contribution in [1.82, 2.24) is 0 Å². The molecule has 1 fully saturated rings. The Bertz CT molecular complexity index is 456. The van der Waals surface area contributed by atoms with Gasteiger partial charge in [-0.3, -0.25) is 0 Å². The molecule has 2 N–H and O–H groups in total. The Balaban J connectivity index is 1.55. The maximum absolute atomic E-state index is 5.46. The lowest BCUT2D eigenvalue weighted by atomic mass is 10.1. The molecule has 0 aliphatic carbocycles. The lowest BCUT2D eigenvalue weighted by Crippen LogP contribution is -3.29. The maximum Gasteiger partial charge on any atom is 0.231 e. The molecule has 0 saturated carbocycles. The van der Waals surface area contributed by atoms with E-state index in [1.165, 1.54) is 38.2 Å². The molecule has 0 spiro atoms. The summed E-state index contributed by atoms with van der Waals surface area (Å²) in [5.74, 6) is 1.79. The first kappa shape index (κ1) is 13.7. The van der Waals surface area contributed by atoms with Gasteiger partial charge in [-0.2, -0.15) is 0 Å². The number of piperazine rings is 1. The van der Waals surface area contributed by atoms with Crippen LogP contribution in [0.4, 0.5) is 0 Å². The number of nitrogens with one attached hydrogen (secondary N) is 2. The van der Waals surface area contributed by atoms with Crippen LogP contribution in [0, 0.1) is 0 Å². The second kappa shape index (κ2) is 6.02. The fourth-order valence-corrected chi connectivity index (χ4v) is 3.22. The van der Waals surface area contributed by atoms with Gasteiger partial charge < -0.3 is 19.3 Å². The molecular weight excluding hydrogens is 252 g/mol. The second-order valence-electron chi connectivity index (χ2n) is 6.08. The van der Waals surface area contributed by atoms with Crippen molar-refractivity contribution in [3.63, 3.8) is 0 Å². The molecule has 0 amide bonds. The number of rotatable bonds is 4. The van der Waals surface area contributed by atoms with E-state index in [9.17, 15) is 0 Å². The van der Waals surface area contributed by atoms with E-state index in [0.717, 1.165) is 24.1 Å². The molecule has 3 rings (SSSR count). The number of quaternary nitrogens is 2. The Morgan fingerprint density at radius 3 is 2.60 bits per heavy atom. The molecule has 1 aromatic carbocycles. The Kier molecular flexibility index (Phi) is 4.13. The van der Waals surface area contributed by atoms with Gasteiger partial charge in [0.25, 0.3) is 0 Å². The minimum atomic E-state index is 0.364. The molecular formula is C16H26N2O2+2. The van der Waals surface area contributed by atoms with Crippen LogP contribution >= 0.6 is 0 Å². The van der Waals surface area contributed by atoms with E-state index >= 15 is 0 Å². The summed E-state index contributed by atoms with van der Waals surface area (Å²) in [5.41, 5.74) is 1.36. The summed E-state index contributed by atoms with van der Waals surface area (Å²) >= 11 is 0. The molecule has 2 heterocycles. The molecule has 0 bridgehead atoms. The summed E-state index contributed by atoms with van der Waals surface area (Å²) in [6, 6.07) is 7.16. The van der Waals surface area contributed by atoms with Gasteiger partial charge in [0.15, 0.2) is 11.5 Å². The van der Waals surface area contributed by atoms with E-state index in [2.05, 4.69) is 26.0 Å². The average Bonchev–Trinajstić information content (AvgIpc) is 2.95. The van der Waals surface area contributed by atoms with Crippen LogP contribution in [0.5, 0.6) is 11.5 Å². The van der Waals surface area contributed by atoms with Crippen LogP contribution in [0.15, 0.2) is 18.2 Å². The van der Waals surface area contributed by atoms with Crippen molar-refractivity contribution in [2.75, 3.05) is 33.0 Å². The minimum Gasteiger partial charge on any atom is -0.454 e. The van der Waals surface area contributed by atoms with Crippen molar-refractivity contribution in [1.29, 1.82) is 0 Å². The Hall–Kier alpha value is -1.26. The molecule has 1 aromatic rings. The monoisotopic (exact) mass is 278 g/mol. The lowest BCUT2D eigenvalue weighted by Gasteiger charge is -2.33. The van der Waals surface area contributed by atoms with Gasteiger partial charge in [-0.25, -0.2) is 0 Å². The third-order valence-corrected chi connectivity index (χ3v) is 4.80. The zero-order chi connectivity index (χ0) is 13.9. The quantitative estimate of drug-likeness (QED) is 0.777. The number of fused-ring (bicyclic) bond motifs is 1. The van der Waals surface area contributed by atoms with Crippen molar-refractivity contribution >= 4 is 0 Å². The minimum absolute atomic E-state index is 0.364. The highest BCUT2D eigenvalue weighted by atomic mass is 16.7. The molecule has 4 heteroatoms. The summed E-state index contributed by atoms with van der Waals surface area (Å²) in [7, 11) is 0. The second-order valence-corrected chi connectivity index (χ2v) is 6.08. The van der Waals surface area contributed by atoms with Crippen LogP contribution in [0.2, 0.25) is 0 Å². The zero-order valence-corrected chi connectivity index (χ0v) is 12.6. The number of hydrogen-bond donors (Lipinski definition) is 2. The van der Waals surface area contributed by atoms with Gasteiger partial charge in [0.1, 0.15) is 32.7 Å².